The Morgan fingerprint density at radius 3 is 2.67 bits per heavy atom. The number of amides is 1. The van der Waals surface area contributed by atoms with Gasteiger partial charge in [0, 0.05) is 12.7 Å². The third kappa shape index (κ3) is 4.14. The number of nitrogens with zero attached hydrogens (tertiary/aromatic N) is 4. The van der Waals surface area contributed by atoms with Gasteiger partial charge in [0.25, 0.3) is 0 Å². The Morgan fingerprint density at radius 1 is 1.42 bits per heavy atom. The van der Waals surface area contributed by atoms with Gasteiger partial charge in [-0.05, 0) is 27.7 Å². The molecule has 2 heterocycles. The number of carbonyl (C=O) groups is 2. The van der Waals surface area contributed by atoms with Gasteiger partial charge in [0.2, 0.25) is 5.91 Å². The summed E-state index contributed by atoms with van der Waals surface area (Å²) in [5, 5.41) is 11.3. The zero-order valence-electron chi connectivity index (χ0n) is 14.0. The third-order valence-electron chi connectivity index (χ3n) is 3.23. The molecule has 0 aliphatic rings. The molecule has 1 amide bonds. The van der Waals surface area contributed by atoms with Crippen molar-refractivity contribution < 1.29 is 14.3 Å². The van der Waals surface area contributed by atoms with Crippen LogP contribution in [0.3, 0.4) is 0 Å². The Kier molecular flexibility index (Phi) is 5.61. The quantitative estimate of drug-likeness (QED) is 0.804. The molecule has 0 aromatic carbocycles. The Morgan fingerprint density at radius 2 is 2.12 bits per heavy atom. The average Bonchev–Trinajstić information content (AvgIpc) is 3.05. The van der Waals surface area contributed by atoms with Gasteiger partial charge < -0.3 is 10.1 Å². The number of nitrogens with one attached hydrogen (secondary N) is 1. The highest BCUT2D eigenvalue weighted by molar-refractivity contribution is 6.31. The smallest absolute Gasteiger partial charge is 0.361 e. The van der Waals surface area contributed by atoms with Crippen molar-refractivity contribution in [1.29, 1.82) is 0 Å². The summed E-state index contributed by atoms with van der Waals surface area (Å²) in [6.45, 7) is 7.68. The van der Waals surface area contributed by atoms with E-state index in [0.29, 0.717) is 22.9 Å². The van der Waals surface area contributed by atoms with Crippen molar-refractivity contribution >= 4 is 29.2 Å². The first kappa shape index (κ1) is 18.0. The monoisotopic (exact) mass is 353 g/mol. The van der Waals surface area contributed by atoms with Crippen LogP contribution in [0.2, 0.25) is 5.02 Å². The first-order chi connectivity index (χ1) is 11.3. The maximum atomic E-state index is 12.2. The SMILES string of the molecule is CCn1cc(NC(=O)Cn2ncc(Cl)c2C)c(C(=O)OC(C)C)n1. The lowest BCUT2D eigenvalue weighted by molar-refractivity contribution is -0.116. The van der Waals surface area contributed by atoms with Gasteiger partial charge in [-0.25, -0.2) is 4.79 Å². The molecule has 0 radical (unpaired) electrons. The molecule has 0 saturated carbocycles. The minimum atomic E-state index is -0.578. The van der Waals surface area contributed by atoms with Crippen molar-refractivity contribution in [2.75, 3.05) is 5.32 Å². The lowest BCUT2D eigenvalue weighted by atomic mass is 10.3. The molecule has 0 bridgehead atoms. The van der Waals surface area contributed by atoms with Crippen LogP contribution in [-0.4, -0.2) is 37.5 Å². The maximum absolute atomic E-state index is 12.2. The zero-order valence-corrected chi connectivity index (χ0v) is 14.8. The second-order valence-corrected chi connectivity index (χ2v) is 5.89. The van der Waals surface area contributed by atoms with Crippen LogP contribution in [0, 0.1) is 6.92 Å². The molecule has 0 saturated heterocycles. The minimum absolute atomic E-state index is 0.0193. The number of anilines is 1. The largest absolute Gasteiger partial charge is 0.458 e. The topological polar surface area (TPSA) is 91.0 Å². The number of hydrogen-bond donors (Lipinski definition) is 1. The van der Waals surface area contributed by atoms with Gasteiger partial charge in [0.15, 0.2) is 5.69 Å². The number of ether oxygens (including phenoxy) is 1. The van der Waals surface area contributed by atoms with E-state index in [1.807, 2.05) is 6.92 Å². The van der Waals surface area contributed by atoms with Crippen molar-refractivity contribution in [2.24, 2.45) is 0 Å². The van der Waals surface area contributed by atoms with Gasteiger partial charge in [-0.15, -0.1) is 0 Å². The molecule has 0 atom stereocenters. The maximum Gasteiger partial charge on any atom is 0.361 e. The lowest BCUT2D eigenvalue weighted by Gasteiger charge is -2.08. The number of esters is 1. The average molecular weight is 354 g/mol. The molecule has 0 aliphatic heterocycles. The van der Waals surface area contributed by atoms with E-state index in [4.69, 9.17) is 16.3 Å². The van der Waals surface area contributed by atoms with E-state index >= 15 is 0 Å². The van der Waals surface area contributed by atoms with E-state index in [1.54, 1.807) is 31.6 Å². The Balaban J connectivity index is 2.16. The summed E-state index contributed by atoms with van der Waals surface area (Å²) in [7, 11) is 0. The van der Waals surface area contributed by atoms with Crippen LogP contribution in [0.1, 0.15) is 37.0 Å². The number of halogens is 1. The fraction of sp³-hybridized carbons (Fsp3) is 0.467. The Bertz CT molecular complexity index is 750. The van der Waals surface area contributed by atoms with Crippen LogP contribution in [0.25, 0.3) is 0 Å². The lowest BCUT2D eigenvalue weighted by Crippen LogP contribution is -2.22. The molecule has 1 N–H and O–H groups in total. The summed E-state index contributed by atoms with van der Waals surface area (Å²) in [5.41, 5.74) is 1.08. The summed E-state index contributed by atoms with van der Waals surface area (Å²) < 4.78 is 8.19. The van der Waals surface area contributed by atoms with Crippen LogP contribution in [0.5, 0.6) is 0 Å². The predicted octanol–water partition coefficient (Wildman–Crippen LogP) is 2.27. The highest BCUT2D eigenvalue weighted by Gasteiger charge is 2.21. The summed E-state index contributed by atoms with van der Waals surface area (Å²) in [5.74, 6) is -0.919. The van der Waals surface area contributed by atoms with Gasteiger partial charge in [-0.1, -0.05) is 11.6 Å². The highest BCUT2D eigenvalue weighted by atomic mass is 35.5. The second kappa shape index (κ2) is 7.48. The molecule has 2 rings (SSSR count). The predicted molar refractivity (Wildman–Crippen MR) is 89.1 cm³/mol. The number of carbonyl (C=O) groups excluding carboxylic acids is 2. The minimum Gasteiger partial charge on any atom is -0.458 e. The Hall–Kier alpha value is -2.35. The molecule has 0 unspecified atom stereocenters. The molecule has 0 aliphatic carbocycles. The molecule has 8 nitrogen and oxygen atoms in total. The fourth-order valence-corrected chi connectivity index (χ4v) is 2.15. The van der Waals surface area contributed by atoms with E-state index in [9.17, 15) is 9.59 Å². The molecule has 9 heteroatoms. The molecule has 130 valence electrons. The van der Waals surface area contributed by atoms with Gasteiger partial charge in [-0.2, -0.15) is 10.2 Å². The van der Waals surface area contributed by atoms with E-state index in [0.717, 1.165) is 0 Å². The van der Waals surface area contributed by atoms with Crippen molar-refractivity contribution in [3.05, 3.63) is 28.8 Å². The summed E-state index contributed by atoms with van der Waals surface area (Å²) in [4.78, 5) is 24.4. The Labute approximate surface area is 144 Å². The molecule has 2 aromatic rings. The van der Waals surface area contributed by atoms with Gasteiger partial charge in [-0.3, -0.25) is 14.2 Å². The van der Waals surface area contributed by atoms with Crippen LogP contribution in [0.4, 0.5) is 5.69 Å². The van der Waals surface area contributed by atoms with Gasteiger partial charge in [0.05, 0.1) is 28.7 Å². The van der Waals surface area contributed by atoms with Crippen molar-refractivity contribution in [2.45, 2.75) is 46.9 Å². The third-order valence-corrected chi connectivity index (χ3v) is 3.60. The number of hydrogen-bond acceptors (Lipinski definition) is 5. The molecule has 24 heavy (non-hydrogen) atoms. The fourth-order valence-electron chi connectivity index (χ4n) is 2.00. The van der Waals surface area contributed by atoms with E-state index in [2.05, 4.69) is 15.5 Å². The van der Waals surface area contributed by atoms with E-state index in [-0.39, 0.29) is 24.2 Å². The first-order valence-corrected chi connectivity index (χ1v) is 7.95. The van der Waals surface area contributed by atoms with Gasteiger partial charge >= 0.3 is 5.97 Å². The second-order valence-electron chi connectivity index (χ2n) is 5.48. The van der Waals surface area contributed by atoms with E-state index in [1.165, 1.54) is 10.9 Å². The van der Waals surface area contributed by atoms with Crippen molar-refractivity contribution in [3.8, 4) is 0 Å². The highest BCUT2D eigenvalue weighted by Crippen LogP contribution is 2.17. The number of rotatable bonds is 6. The first-order valence-electron chi connectivity index (χ1n) is 7.58. The van der Waals surface area contributed by atoms with Crippen LogP contribution < -0.4 is 5.32 Å². The number of aromatic nitrogens is 4. The normalized spacial score (nSPS) is 10.9. The van der Waals surface area contributed by atoms with Crippen LogP contribution >= 0.6 is 11.6 Å². The number of aryl methyl sites for hydroxylation is 1. The van der Waals surface area contributed by atoms with Crippen LogP contribution in [0.15, 0.2) is 12.4 Å². The van der Waals surface area contributed by atoms with Crippen molar-refractivity contribution in [3.63, 3.8) is 0 Å². The molecular formula is C15H20ClN5O3. The molecule has 0 fully saturated rings. The molecule has 2 aromatic heterocycles. The molecule has 0 spiro atoms. The van der Waals surface area contributed by atoms with Crippen molar-refractivity contribution in [1.82, 2.24) is 19.6 Å². The molecular weight excluding hydrogens is 334 g/mol. The summed E-state index contributed by atoms with van der Waals surface area (Å²) >= 11 is 5.92. The summed E-state index contributed by atoms with van der Waals surface area (Å²) in [6.07, 6.45) is 2.80. The van der Waals surface area contributed by atoms with Gasteiger partial charge in [0.1, 0.15) is 6.54 Å². The summed E-state index contributed by atoms with van der Waals surface area (Å²) in [6, 6.07) is 0. The zero-order chi connectivity index (χ0) is 17.9. The van der Waals surface area contributed by atoms with Crippen LogP contribution in [-0.2, 0) is 22.6 Å². The standard InChI is InChI=1S/C15H20ClN5O3/c1-5-20-7-12(14(19-20)15(23)24-9(2)3)18-13(22)8-21-10(4)11(16)6-17-21/h6-7,9H,5,8H2,1-4H3,(H,18,22). The van der Waals surface area contributed by atoms with E-state index < -0.39 is 5.97 Å².